The number of hydrogen-bond acceptors (Lipinski definition) is 3. The summed E-state index contributed by atoms with van der Waals surface area (Å²) in [5.41, 5.74) is 2.62. The third kappa shape index (κ3) is 3.14. The maximum Gasteiger partial charge on any atom is 0.136 e. The van der Waals surface area contributed by atoms with Gasteiger partial charge >= 0.3 is 0 Å². The van der Waals surface area contributed by atoms with Gasteiger partial charge in [0.1, 0.15) is 11.5 Å². The molecule has 1 atom stereocenters. The normalized spacial score (nSPS) is 18.4. The second-order valence-electron chi connectivity index (χ2n) is 5.24. The topological polar surface area (TPSA) is 50.1 Å². The molecular formula is C16H19NO2. The molecule has 1 aliphatic carbocycles. The highest BCUT2D eigenvalue weighted by Gasteiger charge is 2.24. The van der Waals surface area contributed by atoms with Gasteiger partial charge in [-0.15, -0.1) is 0 Å². The quantitative estimate of drug-likeness (QED) is 0.831. The number of ketones is 1. The lowest BCUT2D eigenvalue weighted by molar-refractivity contribution is -0.121. The van der Waals surface area contributed by atoms with Gasteiger partial charge in [-0.3, -0.25) is 4.79 Å². The Morgan fingerprint density at radius 3 is 2.58 bits per heavy atom. The van der Waals surface area contributed by atoms with Gasteiger partial charge in [0.05, 0.1) is 18.2 Å². The standard InChI is InChI=1S/C16H19NO2/c1-11-8-13(10-17)9-12(2)16(11)19-7-6-14-4-3-5-15(14)18/h8-9,14H,3-7H2,1-2H3. The van der Waals surface area contributed by atoms with Crippen molar-refractivity contribution in [1.29, 1.82) is 5.26 Å². The number of rotatable bonds is 4. The molecule has 2 rings (SSSR count). The summed E-state index contributed by atoms with van der Waals surface area (Å²) in [6.07, 6.45) is 3.57. The number of benzene rings is 1. The Balaban J connectivity index is 1.96. The van der Waals surface area contributed by atoms with Crippen molar-refractivity contribution >= 4 is 5.78 Å². The van der Waals surface area contributed by atoms with E-state index in [1.54, 1.807) is 0 Å². The highest BCUT2D eigenvalue weighted by molar-refractivity contribution is 5.82. The van der Waals surface area contributed by atoms with Crippen LogP contribution in [0.1, 0.15) is 42.4 Å². The predicted molar refractivity (Wildman–Crippen MR) is 73.1 cm³/mol. The van der Waals surface area contributed by atoms with Crippen LogP contribution in [-0.4, -0.2) is 12.4 Å². The zero-order chi connectivity index (χ0) is 13.8. The minimum atomic E-state index is 0.194. The van der Waals surface area contributed by atoms with Crippen LogP contribution < -0.4 is 4.74 Å². The average Bonchev–Trinajstić information content (AvgIpc) is 2.78. The molecule has 1 aliphatic rings. The molecule has 0 aliphatic heterocycles. The number of ether oxygens (including phenoxy) is 1. The Morgan fingerprint density at radius 1 is 1.37 bits per heavy atom. The van der Waals surface area contributed by atoms with Crippen LogP contribution in [0.4, 0.5) is 0 Å². The van der Waals surface area contributed by atoms with Crippen LogP contribution in [0, 0.1) is 31.1 Å². The van der Waals surface area contributed by atoms with Crippen LogP contribution in [-0.2, 0) is 4.79 Å². The maximum atomic E-state index is 11.5. The smallest absolute Gasteiger partial charge is 0.136 e. The highest BCUT2D eigenvalue weighted by Crippen LogP contribution is 2.27. The minimum absolute atomic E-state index is 0.194. The zero-order valence-electron chi connectivity index (χ0n) is 11.5. The molecule has 100 valence electrons. The van der Waals surface area contributed by atoms with E-state index >= 15 is 0 Å². The summed E-state index contributed by atoms with van der Waals surface area (Å²) in [6.45, 7) is 4.47. The fraction of sp³-hybridized carbons (Fsp3) is 0.500. The summed E-state index contributed by atoms with van der Waals surface area (Å²) in [4.78, 5) is 11.5. The second-order valence-corrected chi connectivity index (χ2v) is 5.24. The lowest BCUT2D eigenvalue weighted by Crippen LogP contribution is -2.11. The molecule has 0 bridgehead atoms. The van der Waals surface area contributed by atoms with E-state index in [-0.39, 0.29) is 5.92 Å². The van der Waals surface area contributed by atoms with Gasteiger partial charge in [0.2, 0.25) is 0 Å². The third-order valence-corrected chi connectivity index (χ3v) is 3.73. The number of carbonyl (C=O) groups excluding carboxylic acids is 1. The van der Waals surface area contributed by atoms with Crippen molar-refractivity contribution in [2.75, 3.05) is 6.61 Å². The summed E-state index contributed by atoms with van der Waals surface area (Å²) in [5, 5.41) is 8.90. The Hall–Kier alpha value is -1.82. The van der Waals surface area contributed by atoms with E-state index in [1.807, 2.05) is 26.0 Å². The largest absolute Gasteiger partial charge is 0.493 e. The van der Waals surface area contributed by atoms with Gasteiger partial charge in [0.15, 0.2) is 0 Å². The van der Waals surface area contributed by atoms with Crippen LogP contribution in [0.3, 0.4) is 0 Å². The molecule has 0 heterocycles. The highest BCUT2D eigenvalue weighted by atomic mass is 16.5. The minimum Gasteiger partial charge on any atom is -0.493 e. The number of nitrogens with zero attached hydrogens (tertiary/aromatic N) is 1. The Morgan fingerprint density at radius 2 is 2.05 bits per heavy atom. The predicted octanol–water partition coefficient (Wildman–Crippen LogP) is 3.31. The van der Waals surface area contributed by atoms with Crippen LogP contribution in [0.2, 0.25) is 0 Å². The van der Waals surface area contributed by atoms with Gasteiger partial charge in [-0.25, -0.2) is 0 Å². The number of hydrogen-bond donors (Lipinski definition) is 0. The number of Topliss-reactive ketones (excluding diaryl/α,β-unsaturated/α-hetero) is 1. The molecule has 0 N–H and O–H groups in total. The first-order chi connectivity index (χ1) is 9.11. The fourth-order valence-corrected chi connectivity index (χ4v) is 2.74. The average molecular weight is 257 g/mol. The van der Waals surface area contributed by atoms with Crippen molar-refractivity contribution in [3.8, 4) is 11.8 Å². The zero-order valence-corrected chi connectivity index (χ0v) is 11.5. The van der Waals surface area contributed by atoms with E-state index in [9.17, 15) is 4.79 Å². The van der Waals surface area contributed by atoms with Crippen LogP contribution in [0.25, 0.3) is 0 Å². The first kappa shape index (κ1) is 13.6. The first-order valence-corrected chi connectivity index (χ1v) is 6.78. The second kappa shape index (κ2) is 5.88. The lowest BCUT2D eigenvalue weighted by Gasteiger charge is -2.14. The molecule has 1 fully saturated rings. The molecule has 19 heavy (non-hydrogen) atoms. The lowest BCUT2D eigenvalue weighted by atomic mass is 10.0. The van der Waals surface area contributed by atoms with Crippen LogP contribution >= 0.6 is 0 Å². The van der Waals surface area contributed by atoms with Crippen molar-refractivity contribution < 1.29 is 9.53 Å². The van der Waals surface area contributed by atoms with Gasteiger partial charge in [-0.05, 0) is 56.4 Å². The van der Waals surface area contributed by atoms with E-state index in [0.717, 1.165) is 42.6 Å². The van der Waals surface area contributed by atoms with E-state index < -0.39 is 0 Å². The number of aryl methyl sites for hydroxylation is 2. The Labute approximate surface area is 114 Å². The van der Waals surface area contributed by atoms with Crippen molar-refractivity contribution in [3.05, 3.63) is 28.8 Å². The molecule has 1 unspecified atom stereocenters. The molecule has 0 aromatic heterocycles. The van der Waals surface area contributed by atoms with E-state index in [4.69, 9.17) is 10.00 Å². The molecule has 1 saturated carbocycles. The summed E-state index contributed by atoms with van der Waals surface area (Å²) in [5.74, 6) is 1.43. The van der Waals surface area contributed by atoms with Gasteiger partial charge in [-0.2, -0.15) is 5.26 Å². The third-order valence-electron chi connectivity index (χ3n) is 3.73. The summed E-state index contributed by atoms with van der Waals surface area (Å²) >= 11 is 0. The number of nitriles is 1. The van der Waals surface area contributed by atoms with Crippen molar-refractivity contribution in [3.63, 3.8) is 0 Å². The molecule has 1 aromatic rings. The molecule has 0 amide bonds. The molecule has 3 nitrogen and oxygen atoms in total. The van der Waals surface area contributed by atoms with Crippen molar-refractivity contribution in [1.82, 2.24) is 0 Å². The van der Waals surface area contributed by atoms with Gasteiger partial charge < -0.3 is 4.74 Å². The Kier molecular flexibility index (Phi) is 4.21. The Bertz CT molecular complexity index is 505. The molecule has 0 saturated heterocycles. The van der Waals surface area contributed by atoms with Gasteiger partial charge in [0, 0.05) is 12.3 Å². The van der Waals surface area contributed by atoms with Crippen molar-refractivity contribution in [2.45, 2.75) is 39.5 Å². The molecule has 1 aromatic carbocycles. The SMILES string of the molecule is Cc1cc(C#N)cc(C)c1OCCC1CCCC1=O. The van der Waals surface area contributed by atoms with E-state index in [0.29, 0.717) is 18.0 Å². The molecular weight excluding hydrogens is 238 g/mol. The summed E-state index contributed by atoms with van der Waals surface area (Å²) in [6, 6.07) is 5.82. The van der Waals surface area contributed by atoms with Gasteiger partial charge in [0.25, 0.3) is 0 Å². The fourth-order valence-electron chi connectivity index (χ4n) is 2.74. The monoisotopic (exact) mass is 257 g/mol. The van der Waals surface area contributed by atoms with E-state index in [2.05, 4.69) is 6.07 Å². The summed E-state index contributed by atoms with van der Waals surface area (Å²) < 4.78 is 5.82. The van der Waals surface area contributed by atoms with E-state index in [1.165, 1.54) is 0 Å². The maximum absolute atomic E-state index is 11.5. The molecule has 0 radical (unpaired) electrons. The van der Waals surface area contributed by atoms with Gasteiger partial charge in [-0.1, -0.05) is 0 Å². The first-order valence-electron chi connectivity index (χ1n) is 6.78. The molecule has 3 heteroatoms. The molecule has 0 spiro atoms. The summed E-state index contributed by atoms with van der Waals surface area (Å²) in [7, 11) is 0. The van der Waals surface area contributed by atoms with Crippen LogP contribution in [0.15, 0.2) is 12.1 Å². The van der Waals surface area contributed by atoms with Crippen molar-refractivity contribution in [2.24, 2.45) is 5.92 Å². The van der Waals surface area contributed by atoms with Crippen LogP contribution in [0.5, 0.6) is 5.75 Å². The number of carbonyl (C=O) groups is 1.